The minimum atomic E-state index is 0.0657. The zero-order valence-corrected chi connectivity index (χ0v) is 13.6. The van der Waals surface area contributed by atoms with Gasteiger partial charge in [0.15, 0.2) is 0 Å². The summed E-state index contributed by atoms with van der Waals surface area (Å²) >= 11 is 0. The van der Waals surface area contributed by atoms with E-state index in [0.717, 1.165) is 25.7 Å². The number of carbonyl (C=O) groups is 1. The first-order chi connectivity index (χ1) is 9.45. The van der Waals surface area contributed by atoms with Gasteiger partial charge in [0.2, 0.25) is 5.91 Å². The molecule has 2 aliphatic rings. The van der Waals surface area contributed by atoms with Crippen molar-refractivity contribution >= 4 is 5.91 Å². The maximum absolute atomic E-state index is 12.4. The number of amides is 1. The Morgan fingerprint density at radius 2 is 1.65 bits per heavy atom. The molecule has 0 bridgehead atoms. The van der Waals surface area contributed by atoms with Crippen molar-refractivity contribution in [3.05, 3.63) is 0 Å². The fourth-order valence-electron chi connectivity index (χ4n) is 3.87. The molecule has 20 heavy (non-hydrogen) atoms. The van der Waals surface area contributed by atoms with Gasteiger partial charge in [-0.2, -0.15) is 0 Å². The van der Waals surface area contributed by atoms with E-state index in [1.165, 1.54) is 32.1 Å². The molecule has 0 aromatic rings. The average molecular weight is 280 g/mol. The summed E-state index contributed by atoms with van der Waals surface area (Å²) in [4.78, 5) is 12.4. The second-order valence-electron chi connectivity index (χ2n) is 7.77. The van der Waals surface area contributed by atoms with Crippen LogP contribution in [0, 0.1) is 5.41 Å². The van der Waals surface area contributed by atoms with Gasteiger partial charge in [-0.15, -0.1) is 0 Å². The Balaban J connectivity index is 1.80. The van der Waals surface area contributed by atoms with Crippen LogP contribution in [0.5, 0.6) is 0 Å². The van der Waals surface area contributed by atoms with E-state index in [0.29, 0.717) is 17.9 Å². The summed E-state index contributed by atoms with van der Waals surface area (Å²) in [5.74, 6) is 0.256. The van der Waals surface area contributed by atoms with Crippen LogP contribution in [0.25, 0.3) is 0 Å². The molecule has 2 rings (SSSR count). The largest absolute Gasteiger partial charge is 0.353 e. The third-order valence-electron chi connectivity index (χ3n) is 5.54. The maximum atomic E-state index is 12.4. The molecule has 1 amide bonds. The first-order valence-electron chi connectivity index (χ1n) is 8.43. The second-order valence-corrected chi connectivity index (χ2v) is 7.77. The van der Waals surface area contributed by atoms with Crippen molar-refractivity contribution in [1.82, 2.24) is 10.6 Å². The van der Waals surface area contributed by atoms with Crippen LogP contribution in [-0.4, -0.2) is 24.5 Å². The topological polar surface area (TPSA) is 41.1 Å². The van der Waals surface area contributed by atoms with Gasteiger partial charge in [-0.1, -0.05) is 33.1 Å². The summed E-state index contributed by atoms with van der Waals surface area (Å²) in [6.45, 7) is 4.67. The zero-order chi connectivity index (χ0) is 14.6. The standard InChI is InChI=1S/C17H32N2O/c1-16(2)11-7-14(8-12-16)19-15(20)13-17(18-3)9-5-4-6-10-17/h14,18H,4-13H2,1-3H3,(H,19,20). The van der Waals surface area contributed by atoms with Gasteiger partial charge in [-0.05, 0) is 51.0 Å². The molecule has 0 aliphatic heterocycles. The molecule has 2 fully saturated rings. The summed E-state index contributed by atoms with van der Waals surface area (Å²) in [5.41, 5.74) is 0.535. The van der Waals surface area contributed by atoms with Crippen molar-refractivity contribution in [3.8, 4) is 0 Å². The zero-order valence-electron chi connectivity index (χ0n) is 13.6. The highest BCUT2D eigenvalue weighted by atomic mass is 16.1. The molecule has 0 spiro atoms. The van der Waals surface area contributed by atoms with E-state index in [1.54, 1.807) is 0 Å². The summed E-state index contributed by atoms with van der Waals surface area (Å²) in [6, 6.07) is 0.410. The Kier molecular flexibility index (Phi) is 5.11. The lowest BCUT2D eigenvalue weighted by molar-refractivity contribution is -0.124. The van der Waals surface area contributed by atoms with E-state index in [9.17, 15) is 4.79 Å². The highest BCUT2D eigenvalue weighted by molar-refractivity contribution is 5.77. The van der Waals surface area contributed by atoms with E-state index in [1.807, 2.05) is 7.05 Å². The number of hydrogen-bond donors (Lipinski definition) is 2. The highest BCUT2D eigenvalue weighted by Gasteiger charge is 2.34. The minimum absolute atomic E-state index is 0.0657. The van der Waals surface area contributed by atoms with Crippen molar-refractivity contribution in [1.29, 1.82) is 0 Å². The molecule has 0 aromatic heterocycles. The SMILES string of the molecule is CNC1(CC(=O)NC2CCC(C)(C)CC2)CCCCC1. The van der Waals surface area contributed by atoms with Crippen molar-refractivity contribution < 1.29 is 4.79 Å². The van der Waals surface area contributed by atoms with Gasteiger partial charge in [0.1, 0.15) is 0 Å². The fraction of sp³-hybridized carbons (Fsp3) is 0.941. The number of hydrogen-bond acceptors (Lipinski definition) is 2. The molecule has 0 unspecified atom stereocenters. The van der Waals surface area contributed by atoms with Crippen LogP contribution in [0.4, 0.5) is 0 Å². The van der Waals surface area contributed by atoms with E-state index in [4.69, 9.17) is 0 Å². The highest BCUT2D eigenvalue weighted by Crippen LogP contribution is 2.35. The number of rotatable bonds is 4. The van der Waals surface area contributed by atoms with Crippen molar-refractivity contribution in [2.75, 3.05) is 7.05 Å². The van der Waals surface area contributed by atoms with Crippen LogP contribution in [0.1, 0.15) is 78.1 Å². The van der Waals surface area contributed by atoms with E-state index < -0.39 is 0 Å². The van der Waals surface area contributed by atoms with Crippen molar-refractivity contribution in [2.24, 2.45) is 5.41 Å². The third-order valence-corrected chi connectivity index (χ3v) is 5.54. The predicted molar refractivity (Wildman–Crippen MR) is 83.7 cm³/mol. The average Bonchev–Trinajstić information content (AvgIpc) is 2.42. The lowest BCUT2D eigenvalue weighted by atomic mass is 9.75. The molecule has 3 nitrogen and oxygen atoms in total. The van der Waals surface area contributed by atoms with Crippen LogP contribution >= 0.6 is 0 Å². The molecular formula is C17H32N2O. The summed E-state index contributed by atoms with van der Waals surface area (Å²) in [6.07, 6.45) is 11.5. The molecule has 2 saturated carbocycles. The molecule has 2 N–H and O–H groups in total. The molecule has 2 aliphatic carbocycles. The first kappa shape index (κ1) is 15.8. The second kappa shape index (κ2) is 6.46. The van der Waals surface area contributed by atoms with Crippen LogP contribution < -0.4 is 10.6 Å². The van der Waals surface area contributed by atoms with Crippen molar-refractivity contribution in [3.63, 3.8) is 0 Å². The van der Waals surface area contributed by atoms with Gasteiger partial charge in [0.05, 0.1) is 0 Å². The normalized spacial score (nSPS) is 26.1. The fourth-order valence-corrected chi connectivity index (χ4v) is 3.87. The van der Waals surface area contributed by atoms with Gasteiger partial charge in [-0.3, -0.25) is 4.79 Å². The monoisotopic (exact) mass is 280 g/mol. The molecule has 3 heteroatoms. The van der Waals surface area contributed by atoms with Gasteiger partial charge < -0.3 is 10.6 Å². The third kappa shape index (κ3) is 4.21. The van der Waals surface area contributed by atoms with E-state index >= 15 is 0 Å². The lowest BCUT2D eigenvalue weighted by Gasteiger charge is -2.38. The van der Waals surface area contributed by atoms with Gasteiger partial charge in [0.25, 0.3) is 0 Å². The number of carbonyl (C=O) groups excluding carboxylic acids is 1. The summed E-state index contributed by atoms with van der Waals surface area (Å²) in [7, 11) is 2.02. The predicted octanol–water partition coefficient (Wildman–Crippen LogP) is 3.38. The Morgan fingerprint density at radius 1 is 1.05 bits per heavy atom. The Bertz CT molecular complexity index is 322. The molecular weight excluding hydrogens is 248 g/mol. The smallest absolute Gasteiger partial charge is 0.222 e. The van der Waals surface area contributed by atoms with Crippen LogP contribution in [0.2, 0.25) is 0 Å². The first-order valence-corrected chi connectivity index (χ1v) is 8.43. The van der Waals surface area contributed by atoms with Crippen LogP contribution in [0.3, 0.4) is 0 Å². The molecule has 116 valence electrons. The maximum Gasteiger partial charge on any atom is 0.222 e. The quantitative estimate of drug-likeness (QED) is 0.829. The summed E-state index contributed by atoms with van der Waals surface area (Å²) in [5, 5.41) is 6.72. The molecule has 0 radical (unpaired) electrons. The Morgan fingerprint density at radius 3 is 2.20 bits per heavy atom. The Hall–Kier alpha value is -0.570. The molecule has 0 heterocycles. The summed E-state index contributed by atoms with van der Waals surface area (Å²) < 4.78 is 0. The van der Waals surface area contributed by atoms with E-state index in [2.05, 4.69) is 24.5 Å². The number of nitrogens with one attached hydrogen (secondary N) is 2. The van der Waals surface area contributed by atoms with Crippen LogP contribution in [-0.2, 0) is 4.79 Å². The van der Waals surface area contributed by atoms with Gasteiger partial charge >= 0.3 is 0 Å². The molecule has 0 atom stereocenters. The van der Waals surface area contributed by atoms with Gasteiger partial charge in [-0.25, -0.2) is 0 Å². The lowest BCUT2D eigenvalue weighted by Crippen LogP contribution is -2.50. The Labute approximate surface area is 124 Å². The van der Waals surface area contributed by atoms with Gasteiger partial charge in [0, 0.05) is 18.0 Å². The minimum Gasteiger partial charge on any atom is -0.353 e. The molecule has 0 aromatic carbocycles. The van der Waals surface area contributed by atoms with Crippen LogP contribution in [0.15, 0.2) is 0 Å². The van der Waals surface area contributed by atoms with E-state index in [-0.39, 0.29) is 11.4 Å². The molecule has 0 saturated heterocycles. The van der Waals surface area contributed by atoms with Crippen molar-refractivity contribution in [2.45, 2.75) is 89.6 Å².